The van der Waals surface area contributed by atoms with E-state index in [1.807, 2.05) is 0 Å². The van der Waals surface area contributed by atoms with Gasteiger partial charge in [-0.05, 0) is 31.0 Å². The van der Waals surface area contributed by atoms with Gasteiger partial charge in [-0.3, -0.25) is 0 Å². The van der Waals surface area contributed by atoms with Gasteiger partial charge in [-0.1, -0.05) is 5.21 Å². The van der Waals surface area contributed by atoms with Crippen molar-refractivity contribution in [3.63, 3.8) is 0 Å². The molecule has 3 N–H and O–H groups in total. The molecule has 1 fully saturated rings. The molecule has 0 bridgehead atoms. The van der Waals surface area contributed by atoms with Gasteiger partial charge in [-0.25, -0.2) is 14.3 Å². The first-order chi connectivity index (χ1) is 11.0. The summed E-state index contributed by atoms with van der Waals surface area (Å²) in [5.74, 6) is -2.93. The number of carboxylic acid groups (broad SMARTS) is 2. The van der Waals surface area contributed by atoms with Gasteiger partial charge in [-0.15, -0.1) is 5.10 Å². The highest BCUT2D eigenvalue weighted by Crippen LogP contribution is 2.32. The van der Waals surface area contributed by atoms with Crippen LogP contribution in [0.15, 0.2) is 18.2 Å². The van der Waals surface area contributed by atoms with Crippen LogP contribution in [0.3, 0.4) is 0 Å². The monoisotopic (exact) mass is 319 g/mol. The molecule has 120 valence electrons. The lowest BCUT2D eigenvalue weighted by molar-refractivity contribution is 0.0668. The fourth-order valence-electron chi connectivity index (χ4n) is 2.54. The third kappa shape index (κ3) is 2.61. The summed E-state index contributed by atoms with van der Waals surface area (Å²) in [6.07, 6.45) is 0.931. The van der Waals surface area contributed by atoms with Crippen LogP contribution in [-0.2, 0) is 4.74 Å². The molecule has 1 aliphatic heterocycles. The van der Waals surface area contributed by atoms with E-state index in [0.29, 0.717) is 13.0 Å². The molecule has 0 radical (unpaired) electrons. The summed E-state index contributed by atoms with van der Waals surface area (Å²) in [5, 5.41) is 35.4. The van der Waals surface area contributed by atoms with Gasteiger partial charge in [-0.2, -0.15) is 0 Å². The van der Waals surface area contributed by atoms with E-state index in [1.54, 1.807) is 0 Å². The van der Waals surface area contributed by atoms with Crippen molar-refractivity contribution in [2.75, 3.05) is 6.61 Å². The zero-order valence-corrected chi connectivity index (χ0v) is 11.8. The maximum atomic E-state index is 11.3. The van der Waals surface area contributed by atoms with E-state index >= 15 is 0 Å². The molecule has 0 aliphatic carbocycles. The van der Waals surface area contributed by atoms with Crippen LogP contribution in [-0.4, -0.2) is 48.9 Å². The minimum absolute atomic E-state index is 0.234. The van der Waals surface area contributed by atoms with Gasteiger partial charge in [0.15, 0.2) is 5.69 Å². The lowest BCUT2D eigenvalue weighted by atomic mass is 10.1. The Kier molecular flexibility index (Phi) is 3.70. The van der Waals surface area contributed by atoms with E-state index < -0.39 is 23.8 Å². The number of benzene rings is 1. The number of carboxylic acids is 2. The number of rotatable bonds is 4. The molecular formula is C14H13N3O6. The molecule has 0 amide bonds. The van der Waals surface area contributed by atoms with Crippen molar-refractivity contribution < 1.29 is 29.6 Å². The summed E-state index contributed by atoms with van der Waals surface area (Å²) in [4.78, 5) is 22.5. The van der Waals surface area contributed by atoms with Crippen LogP contribution in [0.2, 0.25) is 0 Å². The third-order valence-corrected chi connectivity index (χ3v) is 3.60. The number of aromatic nitrogens is 3. The molecule has 9 nitrogen and oxygen atoms in total. The van der Waals surface area contributed by atoms with Gasteiger partial charge in [0.05, 0.1) is 5.69 Å². The average molecular weight is 319 g/mol. The predicted octanol–water partition coefficient (Wildman–Crippen LogP) is 1.22. The SMILES string of the molecule is O=C(O)c1cc(-n2nnc(C(=O)O)c2C2CCCO2)ccc1O. The molecule has 1 unspecified atom stereocenters. The Morgan fingerprint density at radius 3 is 2.65 bits per heavy atom. The number of nitrogens with zero attached hydrogens (tertiary/aromatic N) is 3. The summed E-state index contributed by atoms with van der Waals surface area (Å²) in [5.41, 5.74) is -0.00209. The second-order valence-electron chi connectivity index (χ2n) is 5.05. The molecule has 1 saturated heterocycles. The largest absolute Gasteiger partial charge is 0.507 e. The number of phenols is 1. The molecule has 1 aromatic heterocycles. The standard InChI is InChI=1S/C14H13N3O6/c18-9-4-3-7(6-8(9)13(19)20)17-12(10-2-1-5-23-10)11(14(21)22)15-16-17/h3-4,6,10,18H,1-2,5H2,(H,19,20)(H,21,22). The van der Waals surface area contributed by atoms with E-state index in [1.165, 1.54) is 22.9 Å². The Bertz CT molecular complexity index is 779. The van der Waals surface area contributed by atoms with Crippen molar-refractivity contribution in [3.05, 3.63) is 35.2 Å². The number of aromatic carboxylic acids is 2. The number of carbonyl (C=O) groups is 2. The van der Waals surface area contributed by atoms with Crippen molar-refractivity contribution in [1.82, 2.24) is 15.0 Å². The molecule has 1 aromatic carbocycles. The molecule has 2 heterocycles. The second-order valence-corrected chi connectivity index (χ2v) is 5.05. The van der Waals surface area contributed by atoms with Gasteiger partial charge in [0.25, 0.3) is 0 Å². The summed E-state index contributed by atoms with van der Waals surface area (Å²) in [6, 6.07) is 3.84. The zero-order chi connectivity index (χ0) is 16.6. The molecule has 23 heavy (non-hydrogen) atoms. The van der Waals surface area contributed by atoms with E-state index in [2.05, 4.69) is 10.3 Å². The number of hydrogen-bond donors (Lipinski definition) is 3. The Balaban J connectivity index is 2.15. The fourth-order valence-corrected chi connectivity index (χ4v) is 2.54. The molecule has 9 heteroatoms. The van der Waals surface area contributed by atoms with Gasteiger partial charge < -0.3 is 20.1 Å². The molecule has 0 spiro atoms. The topological polar surface area (TPSA) is 135 Å². The average Bonchev–Trinajstić information content (AvgIpc) is 3.16. The normalized spacial score (nSPS) is 17.3. The summed E-state index contributed by atoms with van der Waals surface area (Å²) >= 11 is 0. The Morgan fingerprint density at radius 2 is 2.04 bits per heavy atom. The van der Waals surface area contributed by atoms with Gasteiger partial charge in [0.2, 0.25) is 0 Å². The van der Waals surface area contributed by atoms with E-state index in [0.717, 1.165) is 6.42 Å². The molecule has 1 aliphatic rings. The first-order valence-corrected chi connectivity index (χ1v) is 6.86. The van der Waals surface area contributed by atoms with Crippen LogP contribution < -0.4 is 0 Å². The molecular weight excluding hydrogens is 306 g/mol. The minimum atomic E-state index is -1.30. The van der Waals surface area contributed by atoms with Gasteiger partial charge in [0, 0.05) is 6.61 Å². The Labute approximate surface area is 129 Å². The minimum Gasteiger partial charge on any atom is -0.507 e. The van der Waals surface area contributed by atoms with Crippen molar-refractivity contribution >= 4 is 11.9 Å². The number of aromatic hydroxyl groups is 1. The summed E-state index contributed by atoms with van der Waals surface area (Å²) in [7, 11) is 0. The maximum absolute atomic E-state index is 11.3. The first kappa shape index (κ1) is 15.0. The van der Waals surface area contributed by atoms with Crippen LogP contribution in [0.4, 0.5) is 0 Å². The van der Waals surface area contributed by atoms with Gasteiger partial charge in [0.1, 0.15) is 23.1 Å². The lowest BCUT2D eigenvalue weighted by Crippen LogP contribution is -2.12. The van der Waals surface area contributed by atoms with Crippen molar-refractivity contribution in [2.45, 2.75) is 18.9 Å². The van der Waals surface area contributed by atoms with Crippen LogP contribution in [0, 0.1) is 0 Å². The molecule has 0 saturated carbocycles. The molecule has 2 aromatic rings. The molecule has 1 atom stereocenters. The highest BCUT2D eigenvalue weighted by atomic mass is 16.5. The first-order valence-electron chi connectivity index (χ1n) is 6.86. The lowest BCUT2D eigenvalue weighted by Gasteiger charge is -2.13. The zero-order valence-electron chi connectivity index (χ0n) is 11.8. The highest BCUT2D eigenvalue weighted by Gasteiger charge is 2.30. The number of hydrogen-bond acceptors (Lipinski definition) is 6. The van der Waals surface area contributed by atoms with E-state index in [4.69, 9.17) is 9.84 Å². The van der Waals surface area contributed by atoms with Gasteiger partial charge >= 0.3 is 11.9 Å². The third-order valence-electron chi connectivity index (χ3n) is 3.60. The Morgan fingerprint density at radius 1 is 1.26 bits per heavy atom. The van der Waals surface area contributed by atoms with E-state index in [9.17, 15) is 19.8 Å². The quantitative estimate of drug-likeness (QED) is 0.765. The van der Waals surface area contributed by atoms with Crippen molar-refractivity contribution in [1.29, 1.82) is 0 Å². The fraction of sp³-hybridized carbons (Fsp3) is 0.286. The molecule has 3 rings (SSSR count). The van der Waals surface area contributed by atoms with Crippen LogP contribution in [0.1, 0.15) is 45.5 Å². The Hall–Kier alpha value is -2.94. The maximum Gasteiger partial charge on any atom is 0.358 e. The van der Waals surface area contributed by atoms with Crippen LogP contribution in [0.25, 0.3) is 5.69 Å². The van der Waals surface area contributed by atoms with Crippen LogP contribution in [0.5, 0.6) is 5.75 Å². The van der Waals surface area contributed by atoms with Crippen molar-refractivity contribution in [3.8, 4) is 11.4 Å². The smallest absolute Gasteiger partial charge is 0.358 e. The summed E-state index contributed by atoms with van der Waals surface area (Å²) < 4.78 is 6.76. The predicted molar refractivity (Wildman–Crippen MR) is 74.9 cm³/mol. The second kappa shape index (κ2) is 5.69. The number of ether oxygens (including phenoxy) is 1. The van der Waals surface area contributed by atoms with Crippen molar-refractivity contribution in [2.24, 2.45) is 0 Å². The summed E-state index contributed by atoms with van der Waals surface area (Å²) in [6.45, 7) is 0.505. The highest BCUT2D eigenvalue weighted by molar-refractivity contribution is 5.91. The van der Waals surface area contributed by atoms with Crippen LogP contribution >= 0.6 is 0 Å². The van der Waals surface area contributed by atoms with E-state index in [-0.39, 0.29) is 22.6 Å².